The molecule has 2 aliphatic rings. The highest BCUT2D eigenvalue weighted by atomic mass is 19.4. The molecular formula is C26H28F3N3O6. The summed E-state index contributed by atoms with van der Waals surface area (Å²) >= 11 is 0. The first kappa shape index (κ1) is 28.5. The molecule has 0 bridgehead atoms. The molecule has 2 fully saturated rings. The summed E-state index contributed by atoms with van der Waals surface area (Å²) in [6.45, 7) is 4.62. The Morgan fingerprint density at radius 1 is 0.868 bits per heavy atom. The number of hydrogen-bond acceptors (Lipinski definition) is 5. The van der Waals surface area contributed by atoms with Crippen molar-refractivity contribution in [2.24, 2.45) is 0 Å². The quantitative estimate of drug-likeness (QED) is 0.546. The van der Waals surface area contributed by atoms with Crippen molar-refractivity contribution in [3.05, 3.63) is 77.9 Å². The van der Waals surface area contributed by atoms with Gasteiger partial charge in [-0.1, -0.05) is 36.4 Å². The maximum absolute atomic E-state index is 12.8. The Balaban J connectivity index is 0.000000436. The van der Waals surface area contributed by atoms with Gasteiger partial charge in [-0.3, -0.25) is 4.90 Å². The number of carboxylic acids is 2. The standard InChI is InChI=1S/C22H24F3N3O2.C4H4O4/c23-22(24,25)18-7-4-8-19(13-18)30-20-15-28(16-20)21(29)27-11-9-26(10-12-27)14-17-5-2-1-3-6-17;5-3(6)1-2-4(7)8/h1-8,13,20H,9-12,14-16H2;1-2H,(H,5,6)(H,7,8). The van der Waals surface area contributed by atoms with Crippen LogP contribution < -0.4 is 4.74 Å². The van der Waals surface area contributed by atoms with Crippen LogP contribution in [-0.2, 0) is 22.3 Å². The molecule has 0 radical (unpaired) electrons. The van der Waals surface area contributed by atoms with Gasteiger partial charge in [-0.05, 0) is 23.8 Å². The summed E-state index contributed by atoms with van der Waals surface area (Å²) in [4.78, 5) is 37.6. The van der Waals surface area contributed by atoms with Crippen molar-refractivity contribution >= 4 is 18.0 Å². The number of benzene rings is 2. The molecule has 0 aromatic heterocycles. The molecule has 2 aliphatic heterocycles. The summed E-state index contributed by atoms with van der Waals surface area (Å²) < 4.78 is 44.0. The molecule has 0 unspecified atom stereocenters. The smallest absolute Gasteiger partial charge is 0.416 e. The van der Waals surface area contributed by atoms with Crippen molar-refractivity contribution in [2.45, 2.75) is 18.8 Å². The topological polar surface area (TPSA) is 111 Å². The van der Waals surface area contributed by atoms with Crippen LogP contribution in [0, 0.1) is 0 Å². The molecule has 2 heterocycles. The second-order valence-corrected chi connectivity index (χ2v) is 8.71. The zero-order chi connectivity index (χ0) is 27.7. The summed E-state index contributed by atoms with van der Waals surface area (Å²) in [5.74, 6) is -2.34. The number of piperazine rings is 1. The van der Waals surface area contributed by atoms with E-state index in [0.29, 0.717) is 38.3 Å². The van der Waals surface area contributed by atoms with Gasteiger partial charge >= 0.3 is 24.1 Å². The van der Waals surface area contributed by atoms with Crippen LogP contribution in [0.1, 0.15) is 11.1 Å². The zero-order valence-electron chi connectivity index (χ0n) is 20.4. The molecule has 2 saturated heterocycles. The first-order chi connectivity index (χ1) is 18.0. The molecule has 9 nitrogen and oxygen atoms in total. The summed E-state index contributed by atoms with van der Waals surface area (Å²) in [5.41, 5.74) is 0.523. The Bertz CT molecular complexity index is 1110. The van der Waals surface area contributed by atoms with Crippen LogP contribution in [0.5, 0.6) is 5.75 Å². The van der Waals surface area contributed by atoms with Crippen molar-refractivity contribution in [3.8, 4) is 5.75 Å². The molecule has 0 atom stereocenters. The fraction of sp³-hybridized carbons (Fsp3) is 0.346. The van der Waals surface area contributed by atoms with Crippen molar-refractivity contribution in [1.29, 1.82) is 0 Å². The number of carboxylic acid groups (broad SMARTS) is 2. The van der Waals surface area contributed by atoms with Crippen LogP contribution >= 0.6 is 0 Å². The van der Waals surface area contributed by atoms with Crippen LogP contribution in [0.2, 0.25) is 0 Å². The number of alkyl halides is 3. The second-order valence-electron chi connectivity index (χ2n) is 8.71. The lowest BCUT2D eigenvalue weighted by atomic mass is 10.1. The Labute approximate surface area is 217 Å². The molecule has 38 heavy (non-hydrogen) atoms. The number of nitrogens with zero attached hydrogens (tertiary/aromatic N) is 3. The third-order valence-electron chi connectivity index (χ3n) is 5.84. The summed E-state index contributed by atoms with van der Waals surface area (Å²) in [6, 6.07) is 15.1. The minimum Gasteiger partial charge on any atom is -0.487 e. The highest BCUT2D eigenvalue weighted by molar-refractivity contribution is 5.89. The molecular weight excluding hydrogens is 507 g/mol. The Kier molecular flexibility index (Phi) is 9.72. The van der Waals surface area contributed by atoms with Crippen molar-refractivity contribution < 1.29 is 42.5 Å². The number of urea groups is 1. The average molecular weight is 536 g/mol. The molecule has 2 N–H and O–H groups in total. The van der Waals surface area contributed by atoms with Gasteiger partial charge in [0.05, 0.1) is 18.7 Å². The second kappa shape index (κ2) is 13.0. The molecule has 4 rings (SSSR count). The molecule has 204 valence electrons. The van der Waals surface area contributed by atoms with Gasteiger partial charge in [-0.2, -0.15) is 13.2 Å². The number of hydrogen-bond donors (Lipinski definition) is 2. The number of carbonyl (C=O) groups is 3. The maximum atomic E-state index is 12.8. The highest BCUT2D eigenvalue weighted by Gasteiger charge is 2.36. The van der Waals surface area contributed by atoms with Crippen LogP contribution in [0.15, 0.2) is 66.7 Å². The Morgan fingerprint density at radius 3 is 2.03 bits per heavy atom. The van der Waals surface area contributed by atoms with E-state index in [9.17, 15) is 27.6 Å². The largest absolute Gasteiger partial charge is 0.487 e. The normalized spacial score (nSPS) is 16.4. The molecule has 0 aliphatic carbocycles. The number of ether oxygens (including phenoxy) is 1. The van der Waals surface area contributed by atoms with Crippen LogP contribution in [-0.4, -0.2) is 88.3 Å². The lowest BCUT2D eigenvalue weighted by Gasteiger charge is -2.43. The van der Waals surface area contributed by atoms with Gasteiger partial charge in [0.25, 0.3) is 0 Å². The number of carbonyl (C=O) groups excluding carboxylic acids is 1. The van der Waals surface area contributed by atoms with Crippen LogP contribution in [0.25, 0.3) is 0 Å². The molecule has 0 saturated carbocycles. The molecule has 0 spiro atoms. The van der Waals surface area contributed by atoms with Gasteiger partial charge < -0.3 is 24.7 Å². The predicted molar refractivity (Wildman–Crippen MR) is 131 cm³/mol. The lowest BCUT2D eigenvalue weighted by molar-refractivity contribution is -0.137. The first-order valence-electron chi connectivity index (χ1n) is 11.8. The third kappa shape index (κ3) is 8.80. The minimum atomic E-state index is -4.40. The van der Waals surface area contributed by atoms with E-state index in [-0.39, 0.29) is 17.9 Å². The monoisotopic (exact) mass is 535 g/mol. The third-order valence-corrected chi connectivity index (χ3v) is 5.84. The number of amides is 2. The van der Waals surface area contributed by atoms with E-state index in [1.54, 1.807) is 4.90 Å². The van der Waals surface area contributed by atoms with Gasteiger partial charge in [0.2, 0.25) is 0 Å². The van der Waals surface area contributed by atoms with E-state index in [1.165, 1.54) is 17.7 Å². The van der Waals surface area contributed by atoms with Gasteiger partial charge in [0.1, 0.15) is 11.9 Å². The van der Waals surface area contributed by atoms with E-state index in [4.69, 9.17) is 14.9 Å². The summed E-state index contributed by atoms with van der Waals surface area (Å²) in [6.07, 6.45) is -3.56. The van der Waals surface area contributed by atoms with Gasteiger partial charge in [0.15, 0.2) is 0 Å². The molecule has 2 aromatic carbocycles. The number of halogens is 3. The summed E-state index contributed by atoms with van der Waals surface area (Å²) in [7, 11) is 0. The van der Waals surface area contributed by atoms with Crippen molar-refractivity contribution in [3.63, 3.8) is 0 Å². The fourth-order valence-electron chi connectivity index (χ4n) is 3.89. The zero-order valence-corrected chi connectivity index (χ0v) is 20.4. The minimum absolute atomic E-state index is 0.0294. The van der Waals surface area contributed by atoms with E-state index in [1.807, 2.05) is 23.1 Å². The van der Waals surface area contributed by atoms with E-state index in [0.717, 1.165) is 31.8 Å². The average Bonchev–Trinajstić information content (AvgIpc) is 2.85. The van der Waals surface area contributed by atoms with Crippen LogP contribution in [0.4, 0.5) is 18.0 Å². The molecule has 12 heteroatoms. The number of aliphatic carboxylic acids is 2. The van der Waals surface area contributed by atoms with E-state index >= 15 is 0 Å². The van der Waals surface area contributed by atoms with Crippen LogP contribution in [0.3, 0.4) is 0 Å². The molecule has 2 amide bonds. The fourth-order valence-corrected chi connectivity index (χ4v) is 3.89. The van der Waals surface area contributed by atoms with Crippen molar-refractivity contribution in [2.75, 3.05) is 39.3 Å². The van der Waals surface area contributed by atoms with Gasteiger partial charge in [-0.25, -0.2) is 14.4 Å². The highest BCUT2D eigenvalue weighted by Crippen LogP contribution is 2.32. The van der Waals surface area contributed by atoms with Crippen molar-refractivity contribution in [1.82, 2.24) is 14.7 Å². The maximum Gasteiger partial charge on any atom is 0.416 e. The number of likely N-dealkylation sites (tertiary alicyclic amines) is 1. The van der Waals surface area contributed by atoms with Gasteiger partial charge in [-0.15, -0.1) is 0 Å². The van der Waals surface area contributed by atoms with E-state index in [2.05, 4.69) is 17.0 Å². The van der Waals surface area contributed by atoms with Gasteiger partial charge in [0, 0.05) is 44.9 Å². The first-order valence-corrected chi connectivity index (χ1v) is 11.8. The Hall–Kier alpha value is -4.06. The SMILES string of the molecule is O=C(N1CCN(Cc2ccccc2)CC1)N1CC(Oc2cccc(C(F)(F)F)c2)C1.O=C(O)C=CC(=O)O. The molecule has 2 aromatic rings. The number of rotatable bonds is 6. The summed E-state index contributed by atoms with van der Waals surface area (Å²) in [5, 5.41) is 15.6. The lowest BCUT2D eigenvalue weighted by Crippen LogP contribution is -2.61. The van der Waals surface area contributed by atoms with E-state index < -0.39 is 23.7 Å². The predicted octanol–water partition coefficient (Wildman–Crippen LogP) is 3.42. The Morgan fingerprint density at radius 2 is 1.47 bits per heavy atom.